The summed E-state index contributed by atoms with van der Waals surface area (Å²) in [4.78, 5) is 28.6. The Kier molecular flexibility index (Phi) is 4.06. The van der Waals surface area contributed by atoms with Gasteiger partial charge in [-0.25, -0.2) is 4.79 Å². The molecule has 2 aromatic heterocycles. The van der Waals surface area contributed by atoms with Gasteiger partial charge in [0.05, 0.1) is 23.2 Å². The van der Waals surface area contributed by atoms with Gasteiger partial charge in [0.15, 0.2) is 0 Å². The van der Waals surface area contributed by atoms with Gasteiger partial charge in [-0.2, -0.15) is 0 Å². The van der Waals surface area contributed by atoms with E-state index < -0.39 is 5.97 Å². The number of imidazole rings is 1. The fourth-order valence-electron chi connectivity index (χ4n) is 3.16. The highest BCUT2D eigenvalue weighted by atomic mass is 16.5. The predicted octanol–water partition coefficient (Wildman–Crippen LogP) is 3.40. The average Bonchev–Trinajstić information content (AvgIpc) is 2.85. The number of hydrogen-bond donors (Lipinski definition) is 2. The lowest BCUT2D eigenvalue weighted by Crippen LogP contribution is -2.22. The molecule has 2 heterocycles. The minimum atomic E-state index is -0.653. The van der Waals surface area contributed by atoms with Crippen molar-refractivity contribution in [3.63, 3.8) is 0 Å². The molecule has 0 atom stereocenters. The number of rotatable bonds is 3. The number of carbonyl (C=O) groups is 1. The number of hydrogen-bond acceptors (Lipinski definition) is 4. The minimum Gasteiger partial charge on any atom is -0.506 e. The number of ether oxygens (including phenoxy) is 1. The van der Waals surface area contributed by atoms with E-state index in [1.165, 1.54) is 4.40 Å². The summed E-state index contributed by atoms with van der Waals surface area (Å²) in [6.07, 6.45) is 0. The highest BCUT2D eigenvalue weighted by molar-refractivity contribution is 6.01. The van der Waals surface area contributed by atoms with Crippen molar-refractivity contribution < 1.29 is 14.6 Å². The zero-order valence-corrected chi connectivity index (χ0v) is 15.1. The quantitative estimate of drug-likeness (QED) is 0.715. The van der Waals surface area contributed by atoms with Crippen LogP contribution in [0.4, 0.5) is 0 Å². The van der Waals surface area contributed by atoms with E-state index in [2.05, 4.69) is 4.98 Å². The summed E-state index contributed by atoms with van der Waals surface area (Å²) >= 11 is 0. The van der Waals surface area contributed by atoms with Gasteiger partial charge < -0.3 is 14.8 Å². The van der Waals surface area contributed by atoms with Gasteiger partial charge in [0, 0.05) is 0 Å². The standard InChI is InChI=1S/C19H22N2O4/c1-6-25-19(24)15-16(22)14(9(2)3)18(23)21-13-8-11(5)10(4)7-12(13)20-17(15)21/h7-9,20,22H,6H2,1-5H3. The summed E-state index contributed by atoms with van der Waals surface area (Å²) in [6.45, 7) is 9.44. The molecule has 0 radical (unpaired) electrons. The predicted molar refractivity (Wildman–Crippen MR) is 96.7 cm³/mol. The first-order chi connectivity index (χ1) is 11.8. The Balaban J connectivity index is 2.57. The largest absolute Gasteiger partial charge is 0.506 e. The van der Waals surface area contributed by atoms with Crippen LogP contribution in [0, 0.1) is 13.8 Å². The molecule has 6 nitrogen and oxygen atoms in total. The fourth-order valence-corrected chi connectivity index (χ4v) is 3.16. The molecule has 0 saturated heterocycles. The van der Waals surface area contributed by atoms with E-state index >= 15 is 0 Å². The van der Waals surface area contributed by atoms with Crippen LogP contribution in [0.1, 0.15) is 53.7 Å². The first-order valence-electron chi connectivity index (χ1n) is 8.35. The number of carbonyl (C=O) groups excluding carboxylic acids is 1. The third kappa shape index (κ3) is 2.49. The Morgan fingerprint density at radius 2 is 1.92 bits per heavy atom. The van der Waals surface area contributed by atoms with Crippen molar-refractivity contribution in [1.82, 2.24) is 9.38 Å². The molecular weight excluding hydrogens is 320 g/mol. The molecule has 0 aliphatic rings. The van der Waals surface area contributed by atoms with Gasteiger partial charge in [-0.3, -0.25) is 9.20 Å². The molecule has 0 saturated carbocycles. The number of esters is 1. The molecule has 132 valence electrons. The smallest absolute Gasteiger partial charge is 0.345 e. The van der Waals surface area contributed by atoms with Crippen molar-refractivity contribution in [1.29, 1.82) is 0 Å². The van der Waals surface area contributed by atoms with Gasteiger partial charge in [0.2, 0.25) is 0 Å². The summed E-state index contributed by atoms with van der Waals surface area (Å²) in [5.41, 5.74) is 3.64. The van der Waals surface area contributed by atoms with E-state index in [9.17, 15) is 14.7 Å². The maximum absolute atomic E-state index is 13.0. The second-order valence-corrected chi connectivity index (χ2v) is 6.58. The van der Waals surface area contributed by atoms with Crippen LogP contribution in [-0.4, -0.2) is 27.1 Å². The van der Waals surface area contributed by atoms with Crippen LogP contribution in [0.5, 0.6) is 5.75 Å². The molecule has 1 aromatic carbocycles. The summed E-state index contributed by atoms with van der Waals surface area (Å²) in [5, 5.41) is 10.6. The van der Waals surface area contributed by atoms with Gasteiger partial charge >= 0.3 is 5.97 Å². The Hall–Kier alpha value is -2.76. The highest BCUT2D eigenvalue weighted by Gasteiger charge is 2.27. The highest BCUT2D eigenvalue weighted by Crippen LogP contribution is 2.31. The van der Waals surface area contributed by atoms with Crippen molar-refractivity contribution in [2.75, 3.05) is 6.61 Å². The monoisotopic (exact) mass is 342 g/mol. The van der Waals surface area contributed by atoms with Gasteiger partial charge in [-0.05, 0) is 49.9 Å². The summed E-state index contributed by atoms with van der Waals surface area (Å²) in [7, 11) is 0. The van der Waals surface area contributed by atoms with Crippen LogP contribution in [-0.2, 0) is 4.74 Å². The molecule has 6 heteroatoms. The summed E-state index contributed by atoms with van der Waals surface area (Å²) in [5.74, 6) is -1.20. The molecule has 2 N–H and O–H groups in total. The Bertz CT molecular complexity index is 1060. The lowest BCUT2D eigenvalue weighted by Gasteiger charge is -2.13. The van der Waals surface area contributed by atoms with Crippen molar-refractivity contribution in [3.05, 3.63) is 44.7 Å². The van der Waals surface area contributed by atoms with Gasteiger partial charge in [0.1, 0.15) is 17.0 Å². The number of fused-ring (bicyclic) bond motifs is 3. The second-order valence-electron chi connectivity index (χ2n) is 6.58. The first-order valence-corrected chi connectivity index (χ1v) is 8.35. The van der Waals surface area contributed by atoms with E-state index in [0.29, 0.717) is 5.52 Å². The van der Waals surface area contributed by atoms with Crippen molar-refractivity contribution >= 4 is 22.6 Å². The Labute approximate surface area is 145 Å². The zero-order chi connectivity index (χ0) is 18.5. The molecule has 0 aliphatic carbocycles. The first kappa shape index (κ1) is 17.1. The number of aromatic amines is 1. The number of aromatic nitrogens is 2. The van der Waals surface area contributed by atoms with Crippen LogP contribution >= 0.6 is 0 Å². The molecule has 25 heavy (non-hydrogen) atoms. The third-order valence-corrected chi connectivity index (χ3v) is 4.55. The summed E-state index contributed by atoms with van der Waals surface area (Å²) in [6, 6.07) is 3.84. The van der Waals surface area contributed by atoms with Crippen LogP contribution in [0.25, 0.3) is 16.7 Å². The lowest BCUT2D eigenvalue weighted by atomic mass is 10.0. The molecule has 0 amide bonds. The molecule has 3 rings (SSSR count). The van der Waals surface area contributed by atoms with Gasteiger partial charge in [-0.15, -0.1) is 0 Å². The molecule has 0 bridgehead atoms. The van der Waals surface area contributed by atoms with Gasteiger partial charge in [0.25, 0.3) is 5.56 Å². The van der Waals surface area contributed by atoms with E-state index in [-0.39, 0.29) is 40.6 Å². The Morgan fingerprint density at radius 1 is 1.28 bits per heavy atom. The zero-order valence-electron chi connectivity index (χ0n) is 15.1. The maximum Gasteiger partial charge on any atom is 0.345 e. The average molecular weight is 342 g/mol. The number of aryl methyl sites for hydroxylation is 2. The number of benzene rings is 1. The van der Waals surface area contributed by atoms with E-state index in [1.807, 2.05) is 39.8 Å². The molecule has 0 aliphatic heterocycles. The van der Waals surface area contributed by atoms with Crippen molar-refractivity contribution in [2.45, 2.75) is 40.5 Å². The van der Waals surface area contributed by atoms with E-state index in [1.54, 1.807) is 6.92 Å². The minimum absolute atomic E-state index is 0.00310. The van der Waals surface area contributed by atoms with Crippen LogP contribution in [0.2, 0.25) is 0 Å². The fraction of sp³-hybridized carbons (Fsp3) is 0.368. The van der Waals surface area contributed by atoms with Crippen LogP contribution in [0.15, 0.2) is 16.9 Å². The topological polar surface area (TPSA) is 83.8 Å². The van der Waals surface area contributed by atoms with Crippen molar-refractivity contribution in [2.24, 2.45) is 0 Å². The maximum atomic E-state index is 13.0. The third-order valence-electron chi connectivity index (χ3n) is 4.55. The van der Waals surface area contributed by atoms with Crippen LogP contribution < -0.4 is 5.56 Å². The molecule has 3 aromatic rings. The van der Waals surface area contributed by atoms with Gasteiger partial charge in [-0.1, -0.05) is 13.8 Å². The lowest BCUT2D eigenvalue weighted by molar-refractivity contribution is 0.0524. The van der Waals surface area contributed by atoms with E-state index in [0.717, 1.165) is 16.6 Å². The van der Waals surface area contributed by atoms with Crippen LogP contribution in [0.3, 0.4) is 0 Å². The molecule has 0 spiro atoms. The normalized spacial score (nSPS) is 11.6. The number of nitrogens with zero attached hydrogens (tertiary/aromatic N) is 1. The molecule has 0 unspecified atom stereocenters. The van der Waals surface area contributed by atoms with Crippen molar-refractivity contribution in [3.8, 4) is 5.75 Å². The number of nitrogens with one attached hydrogen (secondary N) is 1. The molecular formula is C19H22N2O4. The molecule has 0 fully saturated rings. The Morgan fingerprint density at radius 3 is 2.52 bits per heavy atom. The second kappa shape index (κ2) is 5.95. The number of pyridine rings is 1. The number of aromatic hydroxyl groups is 1. The van der Waals surface area contributed by atoms with E-state index in [4.69, 9.17) is 4.74 Å². The summed E-state index contributed by atoms with van der Waals surface area (Å²) < 4.78 is 6.56. The number of H-pyrrole nitrogens is 1. The SMILES string of the molecule is CCOC(=O)c1c(O)c(C(C)C)c(=O)n2c1[nH]c1cc(C)c(C)cc12.